The highest BCUT2D eigenvalue weighted by Gasteiger charge is 2.46. The van der Waals surface area contributed by atoms with E-state index >= 15 is 0 Å². The number of ketones is 1. The van der Waals surface area contributed by atoms with E-state index in [4.69, 9.17) is 14.2 Å². The number of phenols is 4. The summed E-state index contributed by atoms with van der Waals surface area (Å²) in [5.41, 5.74) is -0.0963. The Morgan fingerprint density at radius 3 is 2.35 bits per heavy atom. The Morgan fingerprint density at radius 1 is 0.903 bits per heavy atom. The molecule has 11 heteroatoms. The van der Waals surface area contributed by atoms with E-state index < -0.39 is 59.8 Å². The Labute approximate surface area is 174 Å². The zero-order valence-electron chi connectivity index (χ0n) is 15.8. The maximum absolute atomic E-state index is 13.2. The second kappa shape index (κ2) is 7.87. The van der Waals surface area contributed by atoms with Crippen molar-refractivity contribution in [3.63, 3.8) is 0 Å². The van der Waals surface area contributed by atoms with Gasteiger partial charge in [-0.25, -0.2) is 0 Å². The molecule has 2 aromatic rings. The molecule has 0 spiro atoms. The second-order valence-electron chi connectivity index (χ2n) is 7.30. The summed E-state index contributed by atoms with van der Waals surface area (Å²) in [5, 5.41) is 69.0. The van der Waals surface area contributed by atoms with E-state index in [1.54, 1.807) is 0 Å². The molecular weight excluding hydrogens is 416 g/mol. The molecular formula is C20H20O11. The third-order valence-electron chi connectivity index (χ3n) is 5.16. The molecule has 2 heterocycles. The van der Waals surface area contributed by atoms with Crippen LogP contribution in [-0.2, 0) is 9.47 Å². The third-order valence-corrected chi connectivity index (χ3v) is 5.16. The lowest BCUT2D eigenvalue weighted by Gasteiger charge is -2.39. The van der Waals surface area contributed by atoms with Gasteiger partial charge in [0, 0.05) is 12.1 Å². The van der Waals surface area contributed by atoms with Crippen LogP contribution in [-0.4, -0.2) is 78.8 Å². The zero-order chi connectivity index (χ0) is 22.4. The molecule has 1 fully saturated rings. The van der Waals surface area contributed by atoms with Crippen LogP contribution in [0.15, 0.2) is 30.3 Å². The molecule has 11 nitrogen and oxygen atoms in total. The first kappa shape index (κ1) is 21.2. The first-order chi connectivity index (χ1) is 14.7. The molecule has 2 aromatic carbocycles. The third kappa shape index (κ3) is 3.73. The summed E-state index contributed by atoms with van der Waals surface area (Å²) >= 11 is 0. The van der Waals surface area contributed by atoms with E-state index in [0.29, 0.717) is 0 Å². The van der Waals surface area contributed by atoms with Gasteiger partial charge in [-0.1, -0.05) is 6.07 Å². The molecule has 0 unspecified atom stereocenters. The summed E-state index contributed by atoms with van der Waals surface area (Å²) in [4.78, 5) is 13.2. The average Bonchev–Trinajstić information content (AvgIpc) is 2.71. The van der Waals surface area contributed by atoms with E-state index in [1.807, 2.05) is 0 Å². The van der Waals surface area contributed by atoms with E-state index in [0.717, 1.165) is 24.3 Å². The number of hydrogen-bond donors (Lipinski definition) is 7. The summed E-state index contributed by atoms with van der Waals surface area (Å²) in [6.07, 6.45) is -8.95. The smallest absolute Gasteiger partial charge is 0.203 e. The minimum absolute atomic E-state index is 0.152. The lowest BCUT2D eigenvalue weighted by Crippen LogP contribution is -2.56. The quantitative estimate of drug-likeness (QED) is 0.312. The van der Waals surface area contributed by atoms with Crippen LogP contribution in [0.4, 0.5) is 0 Å². The number of aliphatic hydroxyl groups excluding tert-OH is 3. The lowest BCUT2D eigenvalue weighted by molar-refractivity contribution is -0.283. The predicted octanol–water partition coefficient (Wildman–Crippen LogP) is -0.350. The SMILES string of the molecule is O=C1c2c(O)cc(O)cc2O[C@H](c2ccc(O)c(O)c2)[C@@H]1O[C@H]1OC[C@H](O)[C@@H](O)[C@@H]1O. The summed E-state index contributed by atoms with van der Waals surface area (Å²) in [6, 6.07) is 5.71. The van der Waals surface area contributed by atoms with E-state index in [9.17, 15) is 40.5 Å². The number of carbonyl (C=O) groups is 1. The second-order valence-corrected chi connectivity index (χ2v) is 7.30. The van der Waals surface area contributed by atoms with Crippen LogP contribution in [0.1, 0.15) is 22.0 Å². The number of ether oxygens (including phenoxy) is 3. The van der Waals surface area contributed by atoms with Crippen LogP contribution in [0.25, 0.3) is 0 Å². The van der Waals surface area contributed by atoms with Crippen molar-refractivity contribution in [2.24, 2.45) is 0 Å². The summed E-state index contributed by atoms with van der Waals surface area (Å²) < 4.78 is 16.6. The number of carbonyl (C=O) groups excluding carboxylic acids is 1. The molecule has 0 amide bonds. The minimum Gasteiger partial charge on any atom is -0.508 e. The fourth-order valence-corrected chi connectivity index (χ4v) is 3.54. The van der Waals surface area contributed by atoms with Gasteiger partial charge in [0.1, 0.15) is 41.1 Å². The number of fused-ring (bicyclic) bond motifs is 1. The highest BCUT2D eigenvalue weighted by atomic mass is 16.7. The van der Waals surface area contributed by atoms with Crippen molar-refractivity contribution in [2.45, 2.75) is 36.8 Å². The predicted molar refractivity (Wildman–Crippen MR) is 99.9 cm³/mol. The van der Waals surface area contributed by atoms with Crippen molar-refractivity contribution < 1.29 is 54.8 Å². The van der Waals surface area contributed by atoms with Gasteiger partial charge in [-0.05, 0) is 17.7 Å². The van der Waals surface area contributed by atoms with Gasteiger partial charge in [0.05, 0.1) is 6.61 Å². The maximum atomic E-state index is 13.2. The first-order valence-electron chi connectivity index (χ1n) is 9.27. The molecule has 7 N–H and O–H groups in total. The van der Waals surface area contributed by atoms with Gasteiger partial charge in [0.15, 0.2) is 30.0 Å². The number of hydrogen-bond acceptors (Lipinski definition) is 11. The van der Waals surface area contributed by atoms with Gasteiger partial charge in [0.2, 0.25) is 5.78 Å². The minimum atomic E-state index is -1.69. The monoisotopic (exact) mass is 436 g/mol. The fraction of sp³-hybridized carbons (Fsp3) is 0.350. The number of aliphatic hydroxyl groups is 3. The lowest BCUT2D eigenvalue weighted by atomic mass is 9.92. The van der Waals surface area contributed by atoms with Crippen molar-refractivity contribution in [2.75, 3.05) is 6.61 Å². The number of aromatic hydroxyl groups is 4. The van der Waals surface area contributed by atoms with E-state index in [-0.39, 0.29) is 29.2 Å². The topological polar surface area (TPSA) is 186 Å². The Hall–Kier alpha value is -3.09. The number of Topliss-reactive ketones (excluding diaryl/α,β-unsaturated/α-hetero) is 1. The average molecular weight is 436 g/mol. The number of rotatable bonds is 3. The largest absolute Gasteiger partial charge is 0.508 e. The van der Waals surface area contributed by atoms with Gasteiger partial charge >= 0.3 is 0 Å². The zero-order valence-corrected chi connectivity index (χ0v) is 15.8. The summed E-state index contributed by atoms with van der Waals surface area (Å²) in [6.45, 7) is -0.370. The van der Waals surface area contributed by atoms with Gasteiger partial charge in [-0.3, -0.25) is 4.79 Å². The van der Waals surface area contributed by atoms with Crippen molar-refractivity contribution >= 4 is 5.78 Å². The Kier molecular flexibility index (Phi) is 5.37. The molecule has 0 saturated carbocycles. The van der Waals surface area contributed by atoms with Gasteiger partial charge in [-0.2, -0.15) is 0 Å². The Bertz CT molecular complexity index is 1010. The van der Waals surface area contributed by atoms with Crippen LogP contribution < -0.4 is 4.74 Å². The molecule has 2 aliphatic heterocycles. The Balaban J connectivity index is 1.74. The van der Waals surface area contributed by atoms with E-state index in [1.165, 1.54) is 6.07 Å². The van der Waals surface area contributed by atoms with Crippen molar-refractivity contribution in [1.29, 1.82) is 0 Å². The highest BCUT2D eigenvalue weighted by molar-refractivity contribution is 6.05. The molecule has 1 saturated heterocycles. The van der Waals surface area contributed by atoms with Crippen LogP contribution in [0, 0.1) is 0 Å². The van der Waals surface area contributed by atoms with Crippen molar-refractivity contribution in [3.8, 4) is 28.7 Å². The van der Waals surface area contributed by atoms with Crippen LogP contribution in [0.2, 0.25) is 0 Å². The molecule has 4 rings (SSSR count). The molecule has 0 radical (unpaired) electrons. The van der Waals surface area contributed by atoms with Gasteiger partial charge < -0.3 is 50.0 Å². The van der Waals surface area contributed by atoms with Crippen molar-refractivity contribution in [3.05, 3.63) is 41.5 Å². The summed E-state index contributed by atoms with van der Waals surface area (Å²) in [5.74, 6) is -2.78. The van der Waals surface area contributed by atoms with Crippen molar-refractivity contribution in [1.82, 2.24) is 0 Å². The summed E-state index contributed by atoms with van der Waals surface area (Å²) in [7, 11) is 0. The highest BCUT2D eigenvalue weighted by Crippen LogP contribution is 2.44. The Morgan fingerprint density at radius 2 is 1.65 bits per heavy atom. The molecule has 0 bridgehead atoms. The fourth-order valence-electron chi connectivity index (χ4n) is 3.54. The van der Waals surface area contributed by atoms with Gasteiger partial charge in [-0.15, -0.1) is 0 Å². The van der Waals surface area contributed by atoms with Crippen LogP contribution in [0.5, 0.6) is 28.7 Å². The number of benzene rings is 2. The van der Waals surface area contributed by atoms with E-state index in [2.05, 4.69) is 0 Å². The molecule has 6 atom stereocenters. The molecule has 31 heavy (non-hydrogen) atoms. The van der Waals surface area contributed by atoms with Gasteiger partial charge in [0.25, 0.3) is 0 Å². The molecule has 0 aliphatic carbocycles. The molecule has 2 aliphatic rings. The first-order valence-corrected chi connectivity index (χ1v) is 9.27. The normalized spacial score (nSPS) is 30.5. The van der Waals surface area contributed by atoms with Crippen LogP contribution >= 0.6 is 0 Å². The number of phenolic OH excluding ortho intramolecular Hbond substituents is 4. The standard InChI is InChI=1S/C20H20O11/c21-8-4-11(24)14-13(5-8)30-18(7-1-2-9(22)10(23)3-7)19(16(14)27)31-20-17(28)15(26)12(25)6-29-20/h1-5,12,15,17-26,28H,6H2/t12-,15+,17-,18+,19+,20+/m0/s1. The maximum Gasteiger partial charge on any atom is 0.203 e. The molecule has 0 aromatic heterocycles. The molecule has 166 valence electrons. The van der Waals surface area contributed by atoms with Crippen LogP contribution in [0.3, 0.4) is 0 Å².